The van der Waals surface area contributed by atoms with E-state index >= 15 is 0 Å². The van der Waals surface area contributed by atoms with Crippen LogP contribution in [-0.2, 0) is 0 Å². The summed E-state index contributed by atoms with van der Waals surface area (Å²) in [6.07, 6.45) is 3.31. The van der Waals surface area contributed by atoms with Crippen molar-refractivity contribution in [2.24, 2.45) is 5.92 Å². The summed E-state index contributed by atoms with van der Waals surface area (Å²) in [5.74, 6) is 1.44. The number of rotatable bonds is 3. The van der Waals surface area contributed by atoms with Gasteiger partial charge in [-0.15, -0.1) is 11.6 Å². The lowest BCUT2D eigenvalue weighted by molar-refractivity contribution is 0.0671. The Balaban J connectivity index is 2.07. The zero-order valence-electron chi connectivity index (χ0n) is 10.9. The van der Waals surface area contributed by atoms with Gasteiger partial charge < -0.3 is 4.90 Å². The molecule has 1 unspecified atom stereocenters. The second kappa shape index (κ2) is 6.24. The molecule has 1 aromatic carbocycles. The maximum Gasteiger partial charge on any atom is 0.254 e. The molecule has 3 heteroatoms. The largest absolute Gasteiger partial charge is 0.338 e. The Morgan fingerprint density at radius 3 is 2.94 bits per heavy atom. The Hall–Kier alpha value is -1.02. The monoisotopic (exact) mass is 265 g/mol. The van der Waals surface area contributed by atoms with Crippen molar-refractivity contribution in [3.8, 4) is 0 Å². The lowest BCUT2D eigenvalue weighted by Gasteiger charge is -2.33. The van der Waals surface area contributed by atoms with E-state index in [1.54, 1.807) is 0 Å². The molecule has 1 aliphatic rings. The van der Waals surface area contributed by atoms with Crippen LogP contribution in [-0.4, -0.2) is 29.8 Å². The smallest absolute Gasteiger partial charge is 0.254 e. The van der Waals surface area contributed by atoms with Crippen LogP contribution in [0.2, 0.25) is 0 Å². The number of aryl methyl sites for hydroxylation is 1. The van der Waals surface area contributed by atoms with Gasteiger partial charge in [-0.25, -0.2) is 0 Å². The topological polar surface area (TPSA) is 20.3 Å². The van der Waals surface area contributed by atoms with Crippen molar-refractivity contribution in [1.29, 1.82) is 0 Å². The summed E-state index contributed by atoms with van der Waals surface area (Å²) in [6, 6.07) is 7.81. The molecule has 1 aliphatic heterocycles. The summed E-state index contributed by atoms with van der Waals surface area (Å²) < 4.78 is 0. The van der Waals surface area contributed by atoms with E-state index in [1.807, 2.05) is 36.1 Å². The van der Waals surface area contributed by atoms with Crippen molar-refractivity contribution in [3.05, 3.63) is 35.4 Å². The number of nitrogens with zero attached hydrogens (tertiary/aromatic N) is 1. The zero-order valence-corrected chi connectivity index (χ0v) is 11.6. The van der Waals surface area contributed by atoms with Gasteiger partial charge in [0.2, 0.25) is 0 Å². The Morgan fingerprint density at radius 2 is 2.22 bits per heavy atom. The van der Waals surface area contributed by atoms with Gasteiger partial charge in [-0.2, -0.15) is 0 Å². The number of alkyl halides is 1. The van der Waals surface area contributed by atoms with E-state index in [2.05, 4.69) is 0 Å². The zero-order chi connectivity index (χ0) is 13.0. The predicted octanol–water partition coefficient (Wildman–Crippen LogP) is 3.48. The van der Waals surface area contributed by atoms with Gasteiger partial charge in [-0.3, -0.25) is 4.79 Å². The molecule has 0 saturated carbocycles. The van der Waals surface area contributed by atoms with E-state index < -0.39 is 0 Å². The Morgan fingerprint density at radius 1 is 1.44 bits per heavy atom. The molecule has 98 valence electrons. The summed E-state index contributed by atoms with van der Waals surface area (Å²) in [4.78, 5) is 14.5. The van der Waals surface area contributed by atoms with Crippen LogP contribution in [0.5, 0.6) is 0 Å². The Kier molecular flexibility index (Phi) is 4.65. The number of carbonyl (C=O) groups excluding carboxylic acids is 1. The SMILES string of the molecule is Cc1ccccc1C(=O)N1CCCC(CCCl)C1. The molecule has 0 N–H and O–H groups in total. The van der Waals surface area contributed by atoms with Crippen LogP contribution in [0, 0.1) is 12.8 Å². The Bertz CT molecular complexity index is 417. The van der Waals surface area contributed by atoms with Crippen molar-refractivity contribution >= 4 is 17.5 Å². The number of piperidine rings is 1. The molecule has 18 heavy (non-hydrogen) atoms. The molecular formula is C15H20ClNO. The van der Waals surface area contributed by atoms with Crippen LogP contribution in [0.3, 0.4) is 0 Å². The van der Waals surface area contributed by atoms with Gasteiger partial charge in [-0.1, -0.05) is 18.2 Å². The number of carbonyl (C=O) groups is 1. The quantitative estimate of drug-likeness (QED) is 0.767. The standard InChI is InChI=1S/C15H20ClNO/c1-12-5-2-3-7-14(12)15(18)17-10-4-6-13(11-17)8-9-16/h2-3,5,7,13H,4,6,8-11H2,1H3. The molecule has 1 atom stereocenters. The maximum absolute atomic E-state index is 12.5. The van der Waals surface area contributed by atoms with Crippen LogP contribution in [0.15, 0.2) is 24.3 Å². The van der Waals surface area contributed by atoms with Crippen molar-refractivity contribution in [1.82, 2.24) is 4.90 Å². The minimum Gasteiger partial charge on any atom is -0.338 e. The lowest BCUT2D eigenvalue weighted by atomic mass is 9.94. The van der Waals surface area contributed by atoms with Gasteiger partial charge in [0.05, 0.1) is 0 Å². The van der Waals surface area contributed by atoms with Crippen LogP contribution in [0.25, 0.3) is 0 Å². The highest BCUT2D eigenvalue weighted by molar-refractivity contribution is 6.17. The number of hydrogen-bond acceptors (Lipinski definition) is 1. The minimum absolute atomic E-state index is 0.173. The van der Waals surface area contributed by atoms with Crippen molar-refractivity contribution < 1.29 is 4.79 Å². The van der Waals surface area contributed by atoms with Gasteiger partial charge in [0.1, 0.15) is 0 Å². The van der Waals surface area contributed by atoms with Crippen LogP contribution in [0.4, 0.5) is 0 Å². The third kappa shape index (κ3) is 3.05. The number of amides is 1. The number of benzene rings is 1. The van der Waals surface area contributed by atoms with Gasteiger partial charge in [0.25, 0.3) is 5.91 Å². The predicted molar refractivity (Wildman–Crippen MR) is 75.1 cm³/mol. The minimum atomic E-state index is 0.173. The third-order valence-electron chi connectivity index (χ3n) is 3.70. The number of hydrogen-bond donors (Lipinski definition) is 0. The molecule has 0 spiro atoms. The fourth-order valence-corrected chi connectivity index (χ4v) is 2.93. The first kappa shape index (κ1) is 13.4. The molecule has 1 aromatic rings. The fraction of sp³-hybridized carbons (Fsp3) is 0.533. The molecule has 1 fully saturated rings. The maximum atomic E-state index is 12.5. The first-order valence-corrected chi connectivity index (χ1v) is 7.16. The van der Waals surface area contributed by atoms with Crippen LogP contribution < -0.4 is 0 Å². The number of likely N-dealkylation sites (tertiary alicyclic amines) is 1. The molecule has 0 aromatic heterocycles. The molecule has 2 nitrogen and oxygen atoms in total. The molecular weight excluding hydrogens is 246 g/mol. The normalized spacial score (nSPS) is 19.9. The lowest BCUT2D eigenvalue weighted by Crippen LogP contribution is -2.40. The van der Waals surface area contributed by atoms with E-state index in [-0.39, 0.29) is 5.91 Å². The van der Waals surface area contributed by atoms with E-state index in [9.17, 15) is 4.79 Å². The molecule has 0 aliphatic carbocycles. The van der Waals surface area contributed by atoms with E-state index in [0.717, 1.165) is 37.1 Å². The van der Waals surface area contributed by atoms with Crippen LogP contribution >= 0.6 is 11.6 Å². The van der Waals surface area contributed by atoms with Gasteiger partial charge >= 0.3 is 0 Å². The first-order chi connectivity index (χ1) is 8.72. The molecule has 2 rings (SSSR count). The summed E-state index contributed by atoms with van der Waals surface area (Å²) in [5, 5.41) is 0. The molecule has 1 heterocycles. The van der Waals surface area contributed by atoms with Crippen molar-refractivity contribution in [2.75, 3.05) is 19.0 Å². The van der Waals surface area contributed by atoms with E-state index in [4.69, 9.17) is 11.6 Å². The molecule has 1 amide bonds. The van der Waals surface area contributed by atoms with Gasteiger partial charge in [-0.05, 0) is 43.7 Å². The van der Waals surface area contributed by atoms with Gasteiger partial charge in [0.15, 0.2) is 0 Å². The highest BCUT2D eigenvalue weighted by Crippen LogP contribution is 2.22. The van der Waals surface area contributed by atoms with E-state index in [0.29, 0.717) is 11.8 Å². The second-order valence-corrected chi connectivity index (χ2v) is 5.43. The number of halogens is 1. The third-order valence-corrected chi connectivity index (χ3v) is 3.92. The average Bonchev–Trinajstić information content (AvgIpc) is 2.39. The summed E-state index contributed by atoms with van der Waals surface area (Å²) in [6.45, 7) is 3.74. The van der Waals surface area contributed by atoms with Gasteiger partial charge in [0, 0.05) is 24.5 Å². The fourth-order valence-electron chi connectivity index (χ4n) is 2.62. The highest BCUT2D eigenvalue weighted by atomic mass is 35.5. The van der Waals surface area contributed by atoms with Crippen LogP contribution in [0.1, 0.15) is 35.2 Å². The average molecular weight is 266 g/mol. The second-order valence-electron chi connectivity index (χ2n) is 5.05. The molecule has 1 saturated heterocycles. The molecule has 0 bridgehead atoms. The highest BCUT2D eigenvalue weighted by Gasteiger charge is 2.24. The summed E-state index contributed by atoms with van der Waals surface area (Å²) in [7, 11) is 0. The Labute approximate surface area is 114 Å². The summed E-state index contributed by atoms with van der Waals surface area (Å²) in [5.41, 5.74) is 1.89. The first-order valence-electron chi connectivity index (χ1n) is 6.63. The van der Waals surface area contributed by atoms with Crippen molar-refractivity contribution in [3.63, 3.8) is 0 Å². The summed E-state index contributed by atoms with van der Waals surface area (Å²) >= 11 is 5.80. The van der Waals surface area contributed by atoms with Crippen molar-refractivity contribution in [2.45, 2.75) is 26.2 Å². The molecule has 0 radical (unpaired) electrons. The van der Waals surface area contributed by atoms with E-state index in [1.165, 1.54) is 6.42 Å².